The fourth-order valence-corrected chi connectivity index (χ4v) is 2.23. The van der Waals surface area contributed by atoms with Gasteiger partial charge in [0.1, 0.15) is 11.3 Å². The van der Waals surface area contributed by atoms with Crippen molar-refractivity contribution in [1.82, 2.24) is 5.32 Å². The highest BCUT2D eigenvalue weighted by Crippen LogP contribution is 2.25. The van der Waals surface area contributed by atoms with Gasteiger partial charge in [-0.1, -0.05) is 13.8 Å². The second-order valence-corrected chi connectivity index (χ2v) is 5.63. The molecule has 128 valence electrons. The Bertz CT molecular complexity index is 780. The van der Waals surface area contributed by atoms with E-state index in [1.807, 2.05) is 5.32 Å². The van der Waals surface area contributed by atoms with Crippen molar-refractivity contribution in [3.05, 3.63) is 30.0 Å². The van der Waals surface area contributed by atoms with Crippen LogP contribution in [0, 0.1) is 5.92 Å². The van der Waals surface area contributed by atoms with Crippen LogP contribution in [-0.2, 0) is 20.7 Å². The van der Waals surface area contributed by atoms with Crippen LogP contribution in [-0.4, -0.2) is 29.1 Å². The average Bonchev–Trinajstić information content (AvgIpc) is 2.85. The number of carbonyl (C=O) groups excluding carboxylic acids is 3. The Labute approximate surface area is 137 Å². The predicted octanol–water partition coefficient (Wildman–Crippen LogP) is 1.44. The molecule has 1 atom stereocenters. The smallest absolute Gasteiger partial charge is 0.318 e. The van der Waals surface area contributed by atoms with E-state index < -0.39 is 24.0 Å². The number of furan rings is 1. The van der Waals surface area contributed by atoms with E-state index in [4.69, 9.17) is 14.9 Å². The number of ether oxygens (including phenoxy) is 1. The zero-order valence-electron chi connectivity index (χ0n) is 13.2. The summed E-state index contributed by atoms with van der Waals surface area (Å²) in [5, 5.41) is 12.0. The van der Waals surface area contributed by atoms with Gasteiger partial charge in [0.25, 0.3) is 5.91 Å². The van der Waals surface area contributed by atoms with Crippen molar-refractivity contribution in [3.63, 3.8) is 0 Å². The Hall–Kier alpha value is -3.03. The molecule has 4 N–H and O–H groups in total. The van der Waals surface area contributed by atoms with Crippen LogP contribution >= 0.6 is 0 Å². The minimum atomic E-state index is -1.13. The second-order valence-electron chi connectivity index (χ2n) is 5.63. The third-order valence-electron chi connectivity index (χ3n) is 3.34. The number of urea groups is 1. The monoisotopic (exact) mass is 334 g/mol. The molecule has 1 unspecified atom stereocenters. The van der Waals surface area contributed by atoms with Gasteiger partial charge in [0.05, 0.1) is 12.7 Å². The minimum absolute atomic E-state index is 0.0500. The van der Waals surface area contributed by atoms with E-state index >= 15 is 0 Å². The van der Waals surface area contributed by atoms with Crippen LogP contribution < -0.4 is 11.1 Å². The van der Waals surface area contributed by atoms with Crippen LogP contribution in [0.2, 0.25) is 0 Å². The van der Waals surface area contributed by atoms with E-state index in [0.717, 1.165) is 0 Å². The zero-order chi connectivity index (χ0) is 17.9. The van der Waals surface area contributed by atoms with Gasteiger partial charge in [0.2, 0.25) is 0 Å². The van der Waals surface area contributed by atoms with Gasteiger partial charge in [-0.25, -0.2) is 4.79 Å². The quantitative estimate of drug-likeness (QED) is 0.709. The summed E-state index contributed by atoms with van der Waals surface area (Å²) in [6.07, 6.45) is 0.136. The number of carbonyl (C=O) groups is 3. The van der Waals surface area contributed by atoms with Gasteiger partial charge in [-0.2, -0.15) is 0 Å². The first-order valence-corrected chi connectivity index (χ1v) is 7.26. The Morgan fingerprint density at radius 1 is 1.33 bits per heavy atom. The van der Waals surface area contributed by atoms with E-state index in [1.54, 1.807) is 19.9 Å². The van der Waals surface area contributed by atoms with Crippen molar-refractivity contribution in [2.45, 2.75) is 26.4 Å². The zero-order valence-corrected chi connectivity index (χ0v) is 13.2. The summed E-state index contributed by atoms with van der Waals surface area (Å²) in [5.74, 6) is -1.71. The van der Waals surface area contributed by atoms with Crippen LogP contribution in [0.15, 0.2) is 28.9 Å². The lowest BCUT2D eigenvalue weighted by atomic mass is 10.1. The van der Waals surface area contributed by atoms with E-state index in [0.29, 0.717) is 16.5 Å². The van der Waals surface area contributed by atoms with Gasteiger partial charge in [-0.3, -0.25) is 14.9 Å². The first-order valence-electron chi connectivity index (χ1n) is 7.26. The molecule has 0 radical (unpaired) electrons. The van der Waals surface area contributed by atoms with Gasteiger partial charge in [-0.05, 0) is 18.1 Å². The van der Waals surface area contributed by atoms with Gasteiger partial charge >= 0.3 is 12.0 Å². The molecular formula is C16H18N2O6. The van der Waals surface area contributed by atoms with Gasteiger partial charge in [0, 0.05) is 17.0 Å². The normalized spacial score (nSPS) is 12.1. The number of fused-ring (bicyclic) bond motifs is 1. The lowest BCUT2D eigenvalue weighted by molar-refractivity contribution is -0.157. The Morgan fingerprint density at radius 2 is 2.04 bits per heavy atom. The number of primary amides is 1. The molecular weight excluding hydrogens is 316 g/mol. The predicted molar refractivity (Wildman–Crippen MR) is 84.0 cm³/mol. The average molecular weight is 334 g/mol. The number of phenols is 1. The number of nitrogens with one attached hydrogen (secondary N) is 1. The fourth-order valence-electron chi connectivity index (χ4n) is 2.23. The molecule has 3 amide bonds. The summed E-state index contributed by atoms with van der Waals surface area (Å²) in [7, 11) is 0. The molecule has 2 rings (SSSR count). The number of nitrogens with two attached hydrogens (primary N) is 1. The molecule has 0 bridgehead atoms. The van der Waals surface area contributed by atoms with Crippen LogP contribution in [0.1, 0.15) is 19.4 Å². The molecule has 24 heavy (non-hydrogen) atoms. The van der Waals surface area contributed by atoms with Crippen molar-refractivity contribution < 1.29 is 28.6 Å². The first-order chi connectivity index (χ1) is 11.3. The van der Waals surface area contributed by atoms with Crippen molar-refractivity contribution in [2.24, 2.45) is 11.7 Å². The van der Waals surface area contributed by atoms with Crippen molar-refractivity contribution in [1.29, 1.82) is 0 Å². The third kappa shape index (κ3) is 4.03. The maximum Gasteiger partial charge on any atom is 0.318 e. The van der Waals surface area contributed by atoms with Crippen LogP contribution in [0.5, 0.6) is 5.75 Å². The first kappa shape index (κ1) is 17.3. The minimum Gasteiger partial charge on any atom is -0.508 e. The summed E-state index contributed by atoms with van der Waals surface area (Å²) in [6.45, 7) is 3.35. The second kappa shape index (κ2) is 7.03. The number of esters is 1. The fraction of sp³-hybridized carbons (Fsp3) is 0.312. The van der Waals surface area contributed by atoms with Crippen LogP contribution in [0.4, 0.5) is 4.79 Å². The molecule has 1 aromatic heterocycles. The number of rotatable bonds is 5. The molecule has 8 heteroatoms. The number of amides is 3. The standard InChI is InChI=1S/C16H18N2O6/c1-8(2)14(15(21)18-16(17)22)24-13(20)5-9-7-23-12-6-10(19)3-4-11(9)12/h3-4,6-8,14,19H,5H2,1-2H3,(H3,17,18,21,22). The summed E-state index contributed by atoms with van der Waals surface area (Å²) >= 11 is 0. The summed E-state index contributed by atoms with van der Waals surface area (Å²) in [5.41, 5.74) is 5.90. The van der Waals surface area contributed by atoms with E-state index in [2.05, 4.69) is 0 Å². The van der Waals surface area contributed by atoms with E-state index in [-0.39, 0.29) is 18.1 Å². The van der Waals surface area contributed by atoms with Crippen molar-refractivity contribution in [2.75, 3.05) is 0 Å². The Balaban J connectivity index is 2.10. The highest BCUT2D eigenvalue weighted by molar-refractivity contribution is 5.97. The number of phenolic OH excluding ortho intramolecular Hbond substituents is 1. The molecule has 0 aliphatic heterocycles. The number of hydrogen-bond acceptors (Lipinski definition) is 6. The number of benzene rings is 1. The van der Waals surface area contributed by atoms with Crippen LogP contribution in [0.25, 0.3) is 11.0 Å². The topological polar surface area (TPSA) is 132 Å². The maximum absolute atomic E-state index is 12.1. The van der Waals surface area contributed by atoms with Crippen LogP contribution in [0.3, 0.4) is 0 Å². The Morgan fingerprint density at radius 3 is 2.67 bits per heavy atom. The molecule has 0 saturated heterocycles. The molecule has 1 heterocycles. The highest BCUT2D eigenvalue weighted by atomic mass is 16.5. The van der Waals surface area contributed by atoms with Gasteiger partial charge in [-0.15, -0.1) is 0 Å². The molecule has 1 aromatic carbocycles. The van der Waals surface area contributed by atoms with Crippen molar-refractivity contribution in [3.8, 4) is 5.75 Å². The largest absolute Gasteiger partial charge is 0.508 e. The molecule has 0 saturated carbocycles. The lowest BCUT2D eigenvalue weighted by Crippen LogP contribution is -2.45. The van der Waals surface area contributed by atoms with Gasteiger partial charge in [0.15, 0.2) is 6.10 Å². The summed E-state index contributed by atoms with van der Waals surface area (Å²) in [4.78, 5) is 34.7. The third-order valence-corrected chi connectivity index (χ3v) is 3.34. The molecule has 0 fully saturated rings. The summed E-state index contributed by atoms with van der Waals surface area (Å²) in [6, 6.07) is 3.52. The Kier molecular flexibility index (Phi) is 5.08. The van der Waals surface area contributed by atoms with Crippen molar-refractivity contribution >= 4 is 28.9 Å². The van der Waals surface area contributed by atoms with E-state index in [9.17, 15) is 19.5 Å². The van der Waals surface area contributed by atoms with Gasteiger partial charge < -0.3 is 20.0 Å². The number of imide groups is 1. The summed E-state index contributed by atoms with van der Waals surface area (Å²) < 4.78 is 10.4. The number of aromatic hydroxyl groups is 1. The molecule has 0 aliphatic rings. The molecule has 0 aliphatic carbocycles. The number of hydrogen-bond donors (Lipinski definition) is 3. The molecule has 2 aromatic rings. The van der Waals surface area contributed by atoms with E-state index in [1.165, 1.54) is 18.4 Å². The molecule has 8 nitrogen and oxygen atoms in total. The highest BCUT2D eigenvalue weighted by Gasteiger charge is 2.27. The maximum atomic E-state index is 12.1. The lowest BCUT2D eigenvalue weighted by Gasteiger charge is -2.19. The molecule has 0 spiro atoms. The SMILES string of the molecule is CC(C)C(OC(=O)Cc1coc2cc(O)ccc12)C(=O)NC(N)=O.